The number of amides is 3. The number of carbonyl (C=O) groups excluding carboxylic acids is 4. The molecule has 7 nitrogen and oxygen atoms in total. The zero-order valence-electron chi connectivity index (χ0n) is 15.2. The minimum Gasteiger partial charge on any atom is -0.451 e. The van der Waals surface area contributed by atoms with Gasteiger partial charge in [-0.05, 0) is 43.7 Å². The number of fused-ring (bicyclic) bond motifs is 1. The van der Waals surface area contributed by atoms with Crippen LogP contribution in [0.1, 0.15) is 33.2 Å². The zero-order chi connectivity index (χ0) is 20.4. The van der Waals surface area contributed by atoms with Gasteiger partial charge in [-0.25, -0.2) is 0 Å². The van der Waals surface area contributed by atoms with E-state index in [1.165, 1.54) is 19.1 Å². The van der Waals surface area contributed by atoms with Gasteiger partial charge in [0.05, 0.1) is 11.1 Å². The number of ether oxygens (including phenoxy) is 1. The normalized spacial score (nSPS) is 13.9. The third kappa shape index (κ3) is 3.89. The fourth-order valence-electron chi connectivity index (χ4n) is 2.76. The maximum Gasteiger partial charge on any atom is 0.326 e. The van der Waals surface area contributed by atoms with Crippen molar-refractivity contribution in [3.63, 3.8) is 0 Å². The van der Waals surface area contributed by atoms with Crippen LogP contribution in [0.5, 0.6) is 0 Å². The lowest BCUT2D eigenvalue weighted by atomic mass is 10.1. The minimum atomic E-state index is -1.12. The molecule has 0 aliphatic carbocycles. The van der Waals surface area contributed by atoms with E-state index in [2.05, 4.69) is 5.32 Å². The number of rotatable bonds is 5. The van der Waals surface area contributed by atoms with Gasteiger partial charge >= 0.3 is 5.97 Å². The first-order valence-corrected chi connectivity index (χ1v) is 8.87. The van der Waals surface area contributed by atoms with Crippen molar-refractivity contribution in [3.8, 4) is 0 Å². The third-order valence-corrected chi connectivity index (χ3v) is 4.54. The Morgan fingerprint density at radius 1 is 1.11 bits per heavy atom. The smallest absolute Gasteiger partial charge is 0.326 e. The van der Waals surface area contributed by atoms with Crippen molar-refractivity contribution in [2.45, 2.75) is 20.0 Å². The van der Waals surface area contributed by atoms with E-state index < -0.39 is 36.3 Å². The number of carbonyl (C=O) groups is 4. The van der Waals surface area contributed by atoms with Crippen LogP contribution in [0.3, 0.4) is 0 Å². The molecule has 2 aromatic rings. The van der Waals surface area contributed by atoms with E-state index in [1.807, 2.05) is 0 Å². The molecule has 3 rings (SSSR count). The van der Waals surface area contributed by atoms with Gasteiger partial charge in [-0.2, -0.15) is 0 Å². The molecule has 1 aliphatic rings. The second-order valence-electron chi connectivity index (χ2n) is 6.32. The highest BCUT2D eigenvalue weighted by Gasteiger charge is 2.37. The molecule has 0 radical (unpaired) electrons. The van der Waals surface area contributed by atoms with E-state index in [1.54, 1.807) is 37.3 Å². The summed E-state index contributed by atoms with van der Waals surface area (Å²) in [5, 5.41) is 3.09. The number of esters is 1. The zero-order valence-corrected chi connectivity index (χ0v) is 15.9. The number of benzene rings is 2. The van der Waals surface area contributed by atoms with E-state index in [9.17, 15) is 19.2 Å². The number of nitrogens with zero attached hydrogens (tertiary/aromatic N) is 1. The standard InChI is InChI=1S/C20H17ClN2O5/c1-11-7-8-13(21)9-16(11)22-18(25)12(2)28-17(24)10-23-19(26)14-5-3-4-6-15(14)20(23)27/h3-9,12H,10H2,1-2H3,(H,22,25). The number of hydrogen-bond acceptors (Lipinski definition) is 5. The van der Waals surface area contributed by atoms with E-state index in [-0.39, 0.29) is 11.1 Å². The SMILES string of the molecule is Cc1ccc(Cl)cc1NC(=O)C(C)OC(=O)CN1C(=O)c2ccccc2C1=O. The Labute approximate surface area is 166 Å². The molecule has 144 valence electrons. The predicted octanol–water partition coefficient (Wildman–Crippen LogP) is 2.81. The molecule has 2 aromatic carbocycles. The molecule has 0 bridgehead atoms. The van der Waals surface area contributed by atoms with Crippen molar-refractivity contribution in [1.29, 1.82) is 0 Å². The van der Waals surface area contributed by atoms with Gasteiger partial charge < -0.3 is 10.1 Å². The first kappa shape index (κ1) is 19.6. The predicted molar refractivity (Wildman–Crippen MR) is 102 cm³/mol. The average molecular weight is 401 g/mol. The Bertz CT molecular complexity index is 953. The molecule has 1 unspecified atom stereocenters. The van der Waals surface area contributed by atoms with Gasteiger partial charge in [0.1, 0.15) is 6.54 Å². The average Bonchev–Trinajstić information content (AvgIpc) is 2.90. The molecule has 1 heterocycles. The molecule has 0 saturated heterocycles. The van der Waals surface area contributed by atoms with Gasteiger partial charge in [-0.1, -0.05) is 29.8 Å². The van der Waals surface area contributed by atoms with Crippen molar-refractivity contribution in [2.24, 2.45) is 0 Å². The van der Waals surface area contributed by atoms with Gasteiger partial charge in [0.25, 0.3) is 17.7 Å². The summed E-state index contributed by atoms with van der Waals surface area (Å²) < 4.78 is 5.08. The fraction of sp³-hybridized carbons (Fsp3) is 0.200. The summed E-state index contributed by atoms with van der Waals surface area (Å²) >= 11 is 5.92. The van der Waals surface area contributed by atoms with Crippen LogP contribution in [0.15, 0.2) is 42.5 Å². The van der Waals surface area contributed by atoms with Gasteiger partial charge in [-0.15, -0.1) is 0 Å². The van der Waals surface area contributed by atoms with Gasteiger partial charge in [0.2, 0.25) is 0 Å². The molecule has 28 heavy (non-hydrogen) atoms. The van der Waals surface area contributed by atoms with Crippen LogP contribution in [0.4, 0.5) is 5.69 Å². The summed E-state index contributed by atoms with van der Waals surface area (Å²) in [5.41, 5.74) is 1.77. The van der Waals surface area contributed by atoms with Crippen LogP contribution in [0.25, 0.3) is 0 Å². The Balaban J connectivity index is 1.60. The highest BCUT2D eigenvalue weighted by atomic mass is 35.5. The van der Waals surface area contributed by atoms with Crippen LogP contribution in [-0.2, 0) is 14.3 Å². The second kappa shape index (κ2) is 7.82. The molecule has 0 spiro atoms. The lowest BCUT2D eigenvalue weighted by Crippen LogP contribution is -2.38. The summed E-state index contributed by atoms with van der Waals surface area (Å²) in [6.45, 7) is 2.63. The van der Waals surface area contributed by atoms with Gasteiger partial charge in [0.15, 0.2) is 6.10 Å². The van der Waals surface area contributed by atoms with Crippen LogP contribution in [0.2, 0.25) is 5.02 Å². The largest absolute Gasteiger partial charge is 0.451 e. The molecule has 0 aromatic heterocycles. The first-order valence-electron chi connectivity index (χ1n) is 8.49. The summed E-state index contributed by atoms with van der Waals surface area (Å²) in [5.74, 6) is -2.55. The molecular weight excluding hydrogens is 384 g/mol. The van der Waals surface area contributed by atoms with E-state index in [4.69, 9.17) is 16.3 Å². The monoisotopic (exact) mass is 400 g/mol. The molecule has 3 amide bonds. The first-order chi connectivity index (χ1) is 13.3. The molecule has 0 saturated carbocycles. The number of imide groups is 1. The van der Waals surface area contributed by atoms with Crippen LogP contribution in [0, 0.1) is 6.92 Å². The fourth-order valence-corrected chi connectivity index (χ4v) is 2.94. The summed E-state index contributed by atoms with van der Waals surface area (Å²) in [6.07, 6.45) is -1.12. The highest BCUT2D eigenvalue weighted by molar-refractivity contribution is 6.31. The summed E-state index contributed by atoms with van der Waals surface area (Å²) in [4.78, 5) is 49.8. The third-order valence-electron chi connectivity index (χ3n) is 4.30. The lowest BCUT2D eigenvalue weighted by molar-refractivity contribution is -0.153. The maximum atomic E-state index is 12.3. The van der Waals surface area contributed by atoms with Crippen molar-refractivity contribution >= 4 is 41.0 Å². The molecule has 1 N–H and O–H groups in total. The van der Waals surface area contributed by atoms with E-state index in [0.717, 1.165) is 10.5 Å². The molecular formula is C20H17ClN2O5. The van der Waals surface area contributed by atoms with E-state index in [0.29, 0.717) is 10.7 Å². The second-order valence-corrected chi connectivity index (χ2v) is 6.76. The van der Waals surface area contributed by atoms with Crippen molar-refractivity contribution in [1.82, 2.24) is 4.90 Å². The number of anilines is 1. The maximum absolute atomic E-state index is 12.3. The van der Waals surface area contributed by atoms with Crippen LogP contribution in [-0.4, -0.2) is 41.2 Å². The molecule has 8 heteroatoms. The number of halogens is 1. The highest BCUT2D eigenvalue weighted by Crippen LogP contribution is 2.23. The lowest BCUT2D eigenvalue weighted by Gasteiger charge is -2.17. The van der Waals surface area contributed by atoms with Crippen LogP contribution < -0.4 is 5.32 Å². The Morgan fingerprint density at radius 2 is 1.71 bits per heavy atom. The molecule has 1 aliphatic heterocycles. The number of hydrogen-bond donors (Lipinski definition) is 1. The number of nitrogens with one attached hydrogen (secondary N) is 1. The van der Waals surface area contributed by atoms with Gasteiger partial charge in [0, 0.05) is 10.7 Å². The number of aryl methyl sites for hydroxylation is 1. The summed E-state index contributed by atoms with van der Waals surface area (Å²) in [6, 6.07) is 11.3. The minimum absolute atomic E-state index is 0.238. The van der Waals surface area contributed by atoms with Crippen LogP contribution >= 0.6 is 11.6 Å². The molecule has 1 atom stereocenters. The van der Waals surface area contributed by atoms with Gasteiger partial charge in [-0.3, -0.25) is 24.1 Å². The summed E-state index contributed by atoms with van der Waals surface area (Å²) in [7, 11) is 0. The topological polar surface area (TPSA) is 92.8 Å². The van der Waals surface area contributed by atoms with E-state index >= 15 is 0 Å². The quantitative estimate of drug-likeness (QED) is 0.615. The van der Waals surface area contributed by atoms with Crippen molar-refractivity contribution in [2.75, 3.05) is 11.9 Å². The van der Waals surface area contributed by atoms with Crippen molar-refractivity contribution < 1.29 is 23.9 Å². The Hall–Kier alpha value is -3.19. The Kier molecular flexibility index (Phi) is 5.46. The Morgan fingerprint density at radius 3 is 2.32 bits per heavy atom. The molecule has 0 fully saturated rings. The van der Waals surface area contributed by atoms with Crippen molar-refractivity contribution in [3.05, 3.63) is 64.2 Å².